The Bertz CT molecular complexity index is 1150. The van der Waals surface area contributed by atoms with Gasteiger partial charge in [-0.3, -0.25) is 4.98 Å². The normalized spacial score (nSPS) is 14.5. The molecule has 1 aliphatic carbocycles. The van der Waals surface area contributed by atoms with Gasteiger partial charge in [0.25, 0.3) is 0 Å². The van der Waals surface area contributed by atoms with Gasteiger partial charge in [-0.25, -0.2) is 19.6 Å². The van der Waals surface area contributed by atoms with Gasteiger partial charge in [0.15, 0.2) is 0 Å². The lowest BCUT2D eigenvalue weighted by atomic mass is 9.90. The summed E-state index contributed by atoms with van der Waals surface area (Å²) in [7, 11) is 0. The number of anilines is 2. The van der Waals surface area contributed by atoms with Crippen LogP contribution in [-0.4, -0.2) is 21.5 Å². The first-order valence-corrected chi connectivity index (χ1v) is 12.9. The Hall–Kier alpha value is -3.04. The molecule has 35 heavy (non-hydrogen) atoms. The van der Waals surface area contributed by atoms with Crippen molar-refractivity contribution >= 4 is 28.7 Å². The molecule has 2 aromatic heterocycles. The minimum absolute atomic E-state index is 0.00190. The number of pyridine rings is 1. The van der Waals surface area contributed by atoms with Gasteiger partial charge in [0.2, 0.25) is 0 Å². The molecule has 1 aromatic carbocycles. The lowest BCUT2D eigenvalue weighted by molar-refractivity contribution is 0.251. The predicted molar refractivity (Wildman–Crippen MR) is 140 cm³/mol. The summed E-state index contributed by atoms with van der Waals surface area (Å²) in [5.74, 6) is 0.106. The topological polar surface area (TPSA) is 91.0 Å². The molecular formula is C26H33FN6OS. The Balaban J connectivity index is 1.50. The van der Waals surface area contributed by atoms with Crippen molar-refractivity contribution in [2.75, 3.05) is 10.7 Å². The number of nitrogens with zero attached hydrogens (tertiary/aromatic N) is 2. The van der Waals surface area contributed by atoms with E-state index in [-0.39, 0.29) is 17.8 Å². The maximum Gasteiger partial charge on any atom is 0.319 e. The van der Waals surface area contributed by atoms with Crippen molar-refractivity contribution in [3.63, 3.8) is 0 Å². The van der Waals surface area contributed by atoms with E-state index < -0.39 is 11.8 Å². The third-order valence-corrected chi connectivity index (χ3v) is 7.04. The molecule has 0 bridgehead atoms. The molecule has 4 rings (SSSR count). The first kappa shape index (κ1) is 25.1. The first-order chi connectivity index (χ1) is 16.8. The summed E-state index contributed by atoms with van der Waals surface area (Å²) < 4.78 is 13.8. The Kier molecular flexibility index (Phi) is 7.97. The number of carbonyl (C=O) groups excluding carboxylic acids is 1. The average molecular weight is 497 g/mol. The van der Waals surface area contributed by atoms with Gasteiger partial charge in [0, 0.05) is 35.1 Å². The van der Waals surface area contributed by atoms with Crippen LogP contribution in [0.15, 0.2) is 42.7 Å². The zero-order valence-corrected chi connectivity index (χ0v) is 21.3. The highest BCUT2D eigenvalue weighted by Gasteiger charge is 2.20. The van der Waals surface area contributed by atoms with Gasteiger partial charge in [-0.05, 0) is 63.9 Å². The van der Waals surface area contributed by atoms with E-state index >= 15 is 0 Å². The molecule has 2 amide bonds. The summed E-state index contributed by atoms with van der Waals surface area (Å²) in [5.41, 5.74) is 9.12. The van der Waals surface area contributed by atoms with E-state index in [1.165, 1.54) is 55.4 Å². The molecule has 0 spiro atoms. The summed E-state index contributed by atoms with van der Waals surface area (Å²) in [6.45, 7) is 6.21. The predicted octanol–water partition coefficient (Wildman–Crippen LogP) is 6.43. The maximum absolute atomic E-state index is 13.8. The van der Waals surface area contributed by atoms with Crippen LogP contribution >= 0.6 is 11.3 Å². The number of hydrazine groups is 1. The molecule has 0 atom stereocenters. The lowest BCUT2D eigenvalue weighted by Crippen LogP contribution is -2.40. The molecule has 1 saturated carbocycles. The van der Waals surface area contributed by atoms with Crippen LogP contribution in [0.1, 0.15) is 69.5 Å². The number of benzene rings is 1. The number of hydrogen-bond acceptors (Lipinski definition) is 6. The van der Waals surface area contributed by atoms with Crippen molar-refractivity contribution in [2.45, 2.75) is 70.9 Å². The fraction of sp³-hybridized carbons (Fsp3) is 0.423. The number of urea groups is 1. The van der Waals surface area contributed by atoms with Crippen LogP contribution in [0.25, 0.3) is 10.4 Å². The molecule has 186 valence electrons. The first-order valence-electron chi connectivity index (χ1n) is 12.1. The van der Waals surface area contributed by atoms with Gasteiger partial charge in [0.1, 0.15) is 5.82 Å². The molecule has 1 fully saturated rings. The van der Waals surface area contributed by atoms with Crippen molar-refractivity contribution < 1.29 is 9.18 Å². The van der Waals surface area contributed by atoms with Gasteiger partial charge in [0.05, 0.1) is 27.8 Å². The number of hydrogen-bond donors (Lipinski definition) is 4. The van der Waals surface area contributed by atoms with Crippen LogP contribution in [0.4, 0.5) is 20.6 Å². The smallest absolute Gasteiger partial charge is 0.319 e. The second kappa shape index (κ2) is 11.1. The summed E-state index contributed by atoms with van der Waals surface area (Å²) in [6.07, 6.45) is 9.74. The minimum Gasteiger partial charge on any atom is -0.332 e. The van der Waals surface area contributed by atoms with Crippen molar-refractivity contribution in [3.8, 4) is 10.4 Å². The SMILES string of the molecule is CC(C)(C)NNc1cc(NC(=O)NCc2ncccc2F)ccc1-c1cnc(C2CCCCC2)s1. The van der Waals surface area contributed by atoms with E-state index in [9.17, 15) is 9.18 Å². The summed E-state index contributed by atoms with van der Waals surface area (Å²) in [4.78, 5) is 22.2. The quantitative estimate of drug-likeness (QED) is 0.283. The largest absolute Gasteiger partial charge is 0.332 e. The van der Waals surface area contributed by atoms with E-state index in [0.29, 0.717) is 11.6 Å². The molecule has 9 heteroatoms. The molecular weight excluding hydrogens is 463 g/mol. The summed E-state index contributed by atoms with van der Waals surface area (Å²) in [5, 5.41) is 6.68. The highest BCUT2D eigenvalue weighted by atomic mass is 32.1. The van der Waals surface area contributed by atoms with Gasteiger partial charge in [-0.2, -0.15) is 0 Å². The standard InChI is InChI=1S/C26H33FN6OS/c1-26(2,3)33-32-21-14-18(31-25(34)30-15-22-20(27)10-7-13-28-22)11-12-19(21)23-16-29-24(35-23)17-8-5-4-6-9-17/h7,10-14,16-17,32-33H,4-6,8-9,15H2,1-3H3,(H2,30,31,34). The molecule has 0 radical (unpaired) electrons. The van der Waals surface area contributed by atoms with E-state index in [1.807, 2.05) is 24.4 Å². The van der Waals surface area contributed by atoms with Crippen LogP contribution in [0.2, 0.25) is 0 Å². The van der Waals surface area contributed by atoms with Crippen LogP contribution < -0.4 is 21.5 Å². The van der Waals surface area contributed by atoms with Crippen molar-refractivity contribution in [1.29, 1.82) is 0 Å². The number of thiazole rings is 1. The number of aromatic nitrogens is 2. The Morgan fingerprint density at radius 3 is 2.69 bits per heavy atom. The van der Waals surface area contributed by atoms with Crippen molar-refractivity contribution in [1.82, 2.24) is 20.7 Å². The highest BCUT2D eigenvalue weighted by Crippen LogP contribution is 2.40. The average Bonchev–Trinajstić information content (AvgIpc) is 3.33. The molecule has 4 N–H and O–H groups in total. The van der Waals surface area contributed by atoms with Crippen LogP contribution in [0, 0.1) is 5.82 Å². The van der Waals surface area contributed by atoms with Crippen molar-refractivity contribution in [2.24, 2.45) is 0 Å². The molecule has 0 saturated heterocycles. The van der Waals surface area contributed by atoms with Gasteiger partial charge in [-0.15, -0.1) is 11.3 Å². The number of amides is 2. The van der Waals surface area contributed by atoms with Gasteiger partial charge in [-0.1, -0.05) is 19.3 Å². The second-order valence-electron chi connectivity index (χ2n) is 9.90. The van der Waals surface area contributed by atoms with Gasteiger partial charge < -0.3 is 16.1 Å². The van der Waals surface area contributed by atoms with Crippen molar-refractivity contribution in [3.05, 3.63) is 59.2 Å². The number of halogens is 1. The van der Waals surface area contributed by atoms with Gasteiger partial charge >= 0.3 is 6.03 Å². The number of rotatable bonds is 7. The zero-order chi connectivity index (χ0) is 24.8. The van der Waals surface area contributed by atoms with E-state index in [2.05, 4.69) is 47.2 Å². The monoisotopic (exact) mass is 496 g/mol. The fourth-order valence-corrected chi connectivity index (χ4v) is 5.16. The maximum atomic E-state index is 13.8. The van der Waals surface area contributed by atoms with Crippen LogP contribution in [-0.2, 0) is 6.54 Å². The Morgan fingerprint density at radius 1 is 1.14 bits per heavy atom. The molecule has 0 unspecified atom stereocenters. The molecule has 0 aliphatic heterocycles. The van der Waals surface area contributed by atoms with E-state index in [1.54, 1.807) is 11.3 Å². The van der Waals surface area contributed by atoms with Crippen LogP contribution in [0.5, 0.6) is 0 Å². The molecule has 7 nitrogen and oxygen atoms in total. The fourth-order valence-electron chi connectivity index (χ4n) is 4.03. The third kappa shape index (κ3) is 6.99. The van der Waals surface area contributed by atoms with Crippen LogP contribution in [0.3, 0.4) is 0 Å². The summed E-state index contributed by atoms with van der Waals surface area (Å²) in [6, 6.07) is 8.13. The van der Waals surface area contributed by atoms with E-state index in [4.69, 9.17) is 4.98 Å². The zero-order valence-electron chi connectivity index (χ0n) is 20.5. The summed E-state index contributed by atoms with van der Waals surface area (Å²) >= 11 is 1.75. The van der Waals surface area contributed by atoms with E-state index in [0.717, 1.165) is 16.1 Å². The third-order valence-electron chi connectivity index (χ3n) is 5.84. The highest BCUT2D eigenvalue weighted by molar-refractivity contribution is 7.15. The molecule has 2 heterocycles. The molecule has 3 aromatic rings. The lowest BCUT2D eigenvalue weighted by Gasteiger charge is -2.23. The number of nitrogens with one attached hydrogen (secondary N) is 4. The Morgan fingerprint density at radius 2 is 1.94 bits per heavy atom. The minimum atomic E-state index is -0.450. The number of carbonyl (C=O) groups is 1. The second-order valence-corrected chi connectivity index (χ2v) is 11.0. The molecule has 1 aliphatic rings. The Labute approximate surface area is 209 Å².